The number of halogens is 1. The van der Waals surface area contributed by atoms with E-state index in [-0.39, 0.29) is 23.5 Å². The van der Waals surface area contributed by atoms with Gasteiger partial charge >= 0.3 is 0 Å². The van der Waals surface area contributed by atoms with Crippen molar-refractivity contribution in [1.29, 1.82) is 0 Å². The Labute approximate surface area is 188 Å². The highest BCUT2D eigenvalue weighted by molar-refractivity contribution is 6.36. The average molecular weight is 449 g/mol. The fourth-order valence-electron chi connectivity index (χ4n) is 3.43. The molecule has 1 N–H and O–H groups in total. The van der Waals surface area contributed by atoms with Gasteiger partial charge in [0.1, 0.15) is 5.70 Å². The zero-order valence-corrected chi connectivity index (χ0v) is 17.7. The van der Waals surface area contributed by atoms with E-state index in [0.29, 0.717) is 16.3 Å². The van der Waals surface area contributed by atoms with Gasteiger partial charge in [0.25, 0.3) is 17.5 Å². The molecule has 0 atom stereocenters. The van der Waals surface area contributed by atoms with Crippen molar-refractivity contribution in [2.24, 2.45) is 0 Å². The first kappa shape index (κ1) is 21.2. The largest absolute Gasteiger partial charge is 0.350 e. The molecule has 0 fully saturated rings. The number of rotatable bonds is 6. The van der Waals surface area contributed by atoms with E-state index in [2.05, 4.69) is 10.3 Å². The average Bonchev–Trinajstić information content (AvgIpc) is 3.00. The van der Waals surface area contributed by atoms with Gasteiger partial charge in [-0.25, -0.2) is 0 Å². The summed E-state index contributed by atoms with van der Waals surface area (Å²) < 4.78 is 0. The van der Waals surface area contributed by atoms with Crippen LogP contribution >= 0.6 is 11.6 Å². The molecule has 2 aromatic carbocycles. The van der Waals surface area contributed by atoms with E-state index in [1.54, 1.807) is 42.7 Å². The van der Waals surface area contributed by atoms with Gasteiger partial charge in [0.2, 0.25) is 0 Å². The maximum absolute atomic E-state index is 13.3. The fraction of sp³-hybridized carbons (Fsp3) is 0.0870. The summed E-state index contributed by atoms with van der Waals surface area (Å²) in [6, 6.07) is 14.1. The number of amides is 2. The molecule has 160 valence electrons. The molecule has 2 heterocycles. The van der Waals surface area contributed by atoms with E-state index in [1.807, 2.05) is 6.92 Å². The normalized spacial score (nSPS) is 13.6. The van der Waals surface area contributed by atoms with Gasteiger partial charge in [0, 0.05) is 35.2 Å². The first-order valence-electron chi connectivity index (χ1n) is 9.62. The molecule has 0 bridgehead atoms. The van der Waals surface area contributed by atoms with Crippen molar-refractivity contribution in [3.63, 3.8) is 0 Å². The first-order valence-corrected chi connectivity index (χ1v) is 10.0. The maximum atomic E-state index is 13.3. The highest BCUT2D eigenvalue weighted by Gasteiger charge is 2.39. The molecule has 0 unspecified atom stereocenters. The number of aryl methyl sites for hydroxylation is 1. The number of nitro benzene ring substituents is 1. The Bertz CT molecular complexity index is 1260. The van der Waals surface area contributed by atoms with Crippen LogP contribution in [0.5, 0.6) is 0 Å². The number of non-ortho nitro benzene ring substituents is 1. The van der Waals surface area contributed by atoms with E-state index in [1.165, 1.54) is 24.3 Å². The van der Waals surface area contributed by atoms with Crippen LogP contribution in [0.3, 0.4) is 0 Å². The molecular formula is C23H17ClN4O4. The molecule has 0 aliphatic carbocycles. The lowest BCUT2D eigenvalue weighted by molar-refractivity contribution is -0.384. The van der Waals surface area contributed by atoms with E-state index in [9.17, 15) is 19.7 Å². The number of aromatic nitrogens is 1. The van der Waals surface area contributed by atoms with Gasteiger partial charge in [-0.15, -0.1) is 0 Å². The second kappa shape index (κ2) is 8.60. The number of nitrogens with zero attached hydrogens (tertiary/aromatic N) is 3. The molecule has 0 saturated carbocycles. The molecule has 0 spiro atoms. The number of pyridine rings is 1. The number of carbonyl (C=O) groups is 2. The van der Waals surface area contributed by atoms with Crippen molar-refractivity contribution in [3.05, 3.63) is 105 Å². The maximum Gasteiger partial charge on any atom is 0.278 e. The molecule has 1 aromatic heterocycles. The third kappa shape index (κ3) is 4.08. The Balaban J connectivity index is 1.77. The van der Waals surface area contributed by atoms with Crippen LogP contribution in [0.4, 0.5) is 11.4 Å². The molecule has 0 saturated heterocycles. The SMILES string of the molecule is Cc1cc(Cl)ccc1NC1=C(c2ccc([N+](=O)[O-])cc2)C(=O)N(Cc2ccncc2)C1=O. The number of hydrogen-bond acceptors (Lipinski definition) is 6. The van der Waals surface area contributed by atoms with Crippen LogP contribution in [0.15, 0.2) is 72.7 Å². The number of imide groups is 1. The van der Waals surface area contributed by atoms with Crippen molar-refractivity contribution in [2.45, 2.75) is 13.5 Å². The van der Waals surface area contributed by atoms with E-state index < -0.39 is 16.7 Å². The molecule has 3 aromatic rings. The highest BCUT2D eigenvalue weighted by atomic mass is 35.5. The summed E-state index contributed by atoms with van der Waals surface area (Å²) >= 11 is 6.03. The standard InChI is InChI=1S/C23H17ClN4O4/c1-14-12-17(24)4-7-19(14)26-21-20(16-2-5-18(6-3-16)28(31)32)22(29)27(23(21)30)13-15-8-10-25-11-9-15/h2-12,26H,13H2,1H3. The van der Waals surface area contributed by atoms with E-state index in [4.69, 9.17) is 11.6 Å². The molecule has 2 amide bonds. The van der Waals surface area contributed by atoms with Gasteiger partial charge < -0.3 is 5.32 Å². The molecule has 1 aliphatic heterocycles. The lowest BCUT2D eigenvalue weighted by Gasteiger charge is -2.15. The Hall–Kier alpha value is -4.04. The Morgan fingerprint density at radius 1 is 1.03 bits per heavy atom. The number of carbonyl (C=O) groups excluding carboxylic acids is 2. The molecule has 32 heavy (non-hydrogen) atoms. The van der Waals surface area contributed by atoms with Crippen LogP contribution in [0.1, 0.15) is 16.7 Å². The van der Waals surface area contributed by atoms with Gasteiger partial charge in [-0.1, -0.05) is 11.6 Å². The Kier molecular flexibility index (Phi) is 5.70. The van der Waals surface area contributed by atoms with E-state index >= 15 is 0 Å². The Morgan fingerprint density at radius 2 is 1.72 bits per heavy atom. The van der Waals surface area contributed by atoms with Crippen molar-refractivity contribution in [3.8, 4) is 0 Å². The lowest BCUT2D eigenvalue weighted by Crippen LogP contribution is -2.32. The summed E-state index contributed by atoms with van der Waals surface area (Å²) in [5, 5.41) is 14.6. The van der Waals surface area contributed by atoms with Gasteiger partial charge in [-0.2, -0.15) is 0 Å². The van der Waals surface area contributed by atoms with Gasteiger partial charge in [-0.05, 0) is 66.1 Å². The van der Waals surface area contributed by atoms with Crippen molar-refractivity contribution in [1.82, 2.24) is 9.88 Å². The zero-order chi connectivity index (χ0) is 22.8. The van der Waals surface area contributed by atoms with Crippen LogP contribution < -0.4 is 5.32 Å². The summed E-state index contributed by atoms with van der Waals surface area (Å²) in [4.78, 5) is 42.2. The van der Waals surface area contributed by atoms with E-state index in [0.717, 1.165) is 16.0 Å². The van der Waals surface area contributed by atoms with Crippen LogP contribution in [-0.2, 0) is 16.1 Å². The summed E-state index contributed by atoms with van der Waals surface area (Å²) in [6.07, 6.45) is 3.17. The monoisotopic (exact) mass is 448 g/mol. The van der Waals surface area contributed by atoms with Gasteiger partial charge in [0.15, 0.2) is 0 Å². The topological polar surface area (TPSA) is 105 Å². The van der Waals surface area contributed by atoms with Crippen LogP contribution in [0, 0.1) is 17.0 Å². The van der Waals surface area contributed by atoms with Crippen molar-refractivity contribution >= 4 is 40.4 Å². The molecule has 8 nitrogen and oxygen atoms in total. The smallest absolute Gasteiger partial charge is 0.278 e. The summed E-state index contributed by atoms with van der Waals surface area (Å²) in [5.74, 6) is -0.982. The lowest BCUT2D eigenvalue weighted by atomic mass is 10.0. The third-order valence-corrected chi connectivity index (χ3v) is 5.31. The van der Waals surface area contributed by atoms with Crippen LogP contribution in [0.2, 0.25) is 5.02 Å². The second-order valence-corrected chi connectivity index (χ2v) is 7.63. The minimum atomic E-state index is -0.522. The first-order chi connectivity index (χ1) is 15.3. The number of nitrogens with one attached hydrogen (secondary N) is 1. The minimum absolute atomic E-state index is 0.0709. The second-order valence-electron chi connectivity index (χ2n) is 7.19. The quantitative estimate of drug-likeness (QED) is 0.341. The third-order valence-electron chi connectivity index (χ3n) is 5.07. The predicted molar refractivity (Wildman–Crippen MR) is 120 cm³/mol. The molecular weight excluding hydrogens is 432 g/mol. The van der Waals surface area contributed by atoms with Gasteiger partial charge in [-0.3, -0.25) is 29.6 Å². The number of anilines is 1. The molecule has 9 heteroatoms. The molecule has 1 aliphatic rings. The van der Waals surface area contributed by atoms with Crippen LogP contribution in [-0.4, -0.2) is 26.6 Å². The van der Waals surface area contributed by atoms with Crippen molar-refractivity contribution < 1.29 is 14.5 Å². The zero-order valence-electron chi connectivity index (χ0n) is 16.9. The summed E-state index contributed by atoms with van der Waals surface area (Å²) in [5.41, 5.74) is 2.70. The minimum Gasteiger partial charge on any atom is -0.350 e. The number of nitro groups is 1. The van der Waals surface area contributed by atoms with Gasteiger partial charge in [0.05, 0.1) is 17.0 Å². The molecule has 0 radical (unpaired) electrons. The highest BCUT2D eigenvalue weighted by Crippen LogP contribution is 2.33. The number of hydrogen-bond donors (Lipinski definition) is 1. The molecule has 4 rings (SSSR count). The summed E-state index contributed by atoms with van der Waals surface area (Å²) in [6.45, 7) is 1.90. The Morgan fingerprint density at radius 3 is 2.34 bits per heavy atom. The predicted octanol–water partition coefficient (Wildman–Crippen LogP) is 4.34. The summed E-state index contributed by atoms with van der Waals surface area (Å²) in [7, 11) is 0. The van der Waals surface area contributed by atoms with Crippen molar-refractivity contribution in [2.75, 3.05) is 5.32 Å². The fourth-order valence-corrected chi connectivity index (χ4v) is 3.65. The van der Waals surface area contributed by atoms with Crippen LogP contribution in [0.25, 0.3) is 5.57 Å². The number of benzene rings is 2.